The Bertz CT molecular complexity index is 319. The molecule has 1 aliphatic heterocycles. The maximum atomic E-state index is 12.0. The molecule has 0 aromatic rings. The number of nitrogens with zero attached hydrogens (tertiary/aromatic N) is 2. The van der Waals surface area contributed by atoms with Gasteiger partial charge in [-0.25, -0.2) is 0 Å². The Morgan fingerprint density at radius 2 is 2.10 bits per heavy atom. The van der Waals surface area contributed by atoms with E-state index in [1.165, 1.54) is 0 Å². The van der Waals surface area contributed by atoms with Crippen molar-refractivity contribution in [3.8, 4) is 0 Å². The molecule has 1 unspecified atom stereocenters. The third kappa shape index (κ3) is 6.37. The summed E-state index contributed by atoms with van der Waals surface area (Å²) in [6.07, 6.45) is 2.95. The molecule has 1 aliphatic rings. The molecule has 1 heterocycles. The number of likely N-dealkylation sites (tertiary alicyclic amines) is 1. The predicted molar refractivity (Wildman–Crippen MR) is 80.4 cm³/mol. The number of rotatable bonds is 8. The van der Waals surface area contributed by atoms with Crippen molar-refractivity contribution in [2.24, 2.45) is 5.92 Å². The van der Waals surface area contributed by atoms with Crippen LogP contribution < -0.4 is 5.32 Å². The highest BCUT2D eigenvalue weighted by molar-refractivity contribution is 5.80. The molecule has 116 valence electrons. The van der Waals surface area contributed by atoms with Crippen LogP contribution in [0.4, 0.5) is 0 Å². The average molecular weight is 283 g/mol. The van der Waals surface area contributed by atoms with E-state index in [4.69, 9.17) is 0 Å². The first-order valence-electron chi connectivity index (χ1n) is 7.60. The number of likely N-dealkylation sites (N-methyl/N-ethyl adjacent to an activating group) is 1. The standard InChI is InChI=1S/C15H29N3O2/c1-12(2)10-13(11-17(3)4)16-14(19)7-9-18-8-5-6-15(18)20/h12-13H,5-11H2,1-4H3,(H,16,19). The van der Waals surface area contributed by atoms with Crippen LogP contribution in [-0.2, 0) is 9.59 Å². The highest BCUT2D eigenvalue weighted by atomic mass is 16.2. The van der Waals surface area contributed by atoms with Crippen molar-refractivity contribution in [3.63, 3.8) is 0 Å². The molecular weight excluding hydrogens is 254 g/mol. The molecule has 20 heavy (non-hydrogen) atoms. The minimum atomic E-state index is 0.0530. The van der Waals surface area contributed by atoms with Gasteiger partial charge in [0.05, 0.1) is 0 Å². The van der Waals surface area contributed by atoms with Gasteiger partial charge in [0.1, 0.15) is 0 Å². The monoisotopic (exact) mass is 283 g/mol. The Kier molecular flexibility index (Phi) is 6.99. The molecule has 1 fully saturated rings. The van der Waals surface area contributed by atoms with E-state index in [0.717, 1.165) is 25.9 Å². The van der Waals surface area contributed by atoms with Crippen molar-refractivity contribution in [1.29, 1.82) is 0 Å². The van der Waals surface area contributed by atoms with Crippen LogP contribution in [0.5, 0.6) is 0 Å². The summed E-state index contributed by atoms with van der Waals surface area (Å²) in [6, 6.07) is 0.187. The lowest BCUT2D eigenvalue weighted by atomic mass is 10.0. The lowest BCUT2D eigenvalue weighted by molar-refractivity contribution is -0.128. The molecule has 2 amide bonds. The smallest absolute Gasteiger partial charge is 0.222 e. The van der Waals surface area contributed by atoms with E-state index < -0.39 is 0 Å². The molecule has 5 heteroatoms. The van der Waals surface area contributed by atoms with Gasteiger partial charge in [-0.2, -0.15) is 0 Å². The topological polar surface area (TPSA) is 52.7 Å². The van der Waals surface area contributed by atoms with Crippen LogP contribution in [0.2, 0.25) is 0 Å². The summed E-state index contributed by atoms with van der Waals surface area (Å²) in [7, 11) is 4.03. The summed E-state index contributed by atoms with van der Waals surface area (Å²) in [5, 5.41) is 3.10. The first kappa shape index (κ1) is 17.0. The average Bonchev–Trinajstić information content (AvgIpc) is 2.70. The van der Waals surface area contributed by atoms with Gasteiger partial charge in [-0.1, -0.05) is 13.8 Å². The second-order valence-corrected chi connectivity index (χ2v) is 6.39. The Morgan fingerprint density at radius 3 is 2.60 bits per heavy atom. The van der Waals surface area contributed by atoms with Crippen LogP contribution in [-0.4, -0.2) is 61.4 Å². The van der Waals surface area contributed by atoms with E-state index in [9.17, 15) is 9.59 Å². The molecule has 0 bridgehead atoms. The molecule has 0 aromatic carbocycles. The number of nitrogens with one attached hydrogen (secondary N) is 1. The molecule has 0 saturated carbocycles. The third-order valence-corrected chi connectivity index (χ3v) is 3.49. The van der Waals surface area contributed by atoms with Gasteiger partial charge in [0.15, 0.2) is 0 Å². The summed E-state index contributed by atoms with van der Waals surface area (Å²) >= 11 is 0. The van der Waals surface area contributed by atoms with Gasteiger partial charge in [0.25, 0.3) is 0 Å². The molecule has 1 N–H and O–H groups in total. The summed E-state index contributed by atoms with van der Waals surface area (Å²) in [4.78, 5) is 27.4. The van der Waals surface area contributed by atoms with Crippen LogP contribution in [0.3, 0.4) is 0 Å². The fourth-order valence-corrected chi connectivity index (χ4v) is 2.67. The zero-order valence-corrected chi connectivity index (χ0v) is 13.3. The van der Waals surface area contributed by atoms with Crippen LogP contribution in [0.15, 0.2) is 0 Å². The molecule has 0 aliphatic carbocycles. The molecule has 5 nitrogen and oxygen atoms in total. The van der Waals surface area contributed by atoms with Crippen LogP contribution in [0.25, 0.3) is 0 Å². The lowest BCUT2D eigenvalue weighted by Gasteiger charge is -2.24. The Balaban J connectivity index is 2.34. The van der Waals surface area contributed by atoms with E-state index in [1.807, 2.05) is 14.1 Å². The summed E-state index contributed by atoms with van der Waals surface area (Å²) < 4.78 is 0. The van der Waals surface area contributed by atoms with Crippen molar-refractivity contribution in [2.45, 2.75) is 45.6 Å². The Morgan fingerprint density at radius 1 is 1.40 bits per heavy atom. The van der Waals surface area contributed by atoms with Crippen molar-refractivity contribution in [1.82, 2.24) is 15.1 Å². The van der Waals surface area contributed by atoms with Gasteiger partial charge in [-0.05, 0) is 32.9 Å². The summed E-state index contributed by atoms with van der Waals surface area (Å²) in [5.74, 6) is 0.794. The zero-order valence-electron chi connectivity index (χ0n) is 13.3. The van der Waals surface area contributed by atoms with Gasteiger partial charge >= 0.3 is 0 Å². The van der Waals surface area contributed by atoms with Crippen molar-refractivity contribution in [3.05, 3.63) is 0 Å². The fourth-order valence-electron chi connectivity index (χ4n) is 2.67. The minimum absolute atomic E-state index is 0.0530. The van der Waals surface area contributed by atoms with Crippen LogP contribution in [0.1, 0.15) is 39.5 Å². The lowest BCUT2D eigenvalue weighted by Crippen LogP contribution is -2.43. The van der Waals surface area contributed by atoms with Crippen molar-refractivity contribution >= 4 is 11.8 Å². The maximum absolute atomic E-state index is 12.0. The molecular formula is C15H29N3O2. The molecule has 0 spiro atoms. The fraction of sp³-hybridized carbons (Fsp3) is 0.867. The second kappa shape index (κ2) is 8.25. The first-order chi connectivity index (χ1) is 9.38. The van der Waals surface area contributed by atoms with Crippen molar-refractivity contribution in [2.75, 3.05) is 33.7 Å². The van der Waals surface area contributed by atoms with Gasteiger partial charge in [-0.3, -0.25) is 9.59 Å². The highest BCUT2D eigenvalue weighted by Crippen LogP contribution is 2.10. The number of hydrogen-bond acceptors (Lipinski definition) is 3. The zero-order chi connectivity index (χ0) is 15.1. The Labute approximate surface area is 122 Å². The van der Waals surface area contributed by atoms with E-state index in [1.54, 1.807) is 4.90 Å². The number of carbonyl (C=O) groups is 2. The van der Waals surface area contributed by atoms with E-state index in [-0.39, 0.29) is 17.9 Å². The van der Waals surface area contributed by atoms with Gasteiger partial charge in [0, 0.05) is 38.5 Å². The predicted octanol–water partition coefficient (Wildman–Crippen LogP) is 1.09. The van der Waals surface area contributed by atoms with Crippen LogP contribution in [0, 0.1) is 5.92 Å². The largest absolute Gasteiger partial charge is 0.352 e. The summed E-state index contributed by atoms with van der Waals surface area (Å²) in [5.41, 5.74) is 0. The number of hydrogen-bond donors (Lipinski definition) is 1. The van der Waals surface area contributed by atoms with E-state index in [2.05, 4.69) is 24.1 Å². The third-order valence-electron chi connectivity index (χ3n) is 3.49. The SMILES string of the molecule is CC(C)CC(CN(C)C)NC(=O)CCN1CCCC1=O. The molecule has 1 atom stereocenters. The minimum Gasteiger partial charge on any atom is -0.352 e. The van der Waals surface area contributed by atoms with Crippen molar-refractivity contribution < 1.29 is 9.59 Å². The summed E-state index contributed by atoms with van der Waals surface area (Å²) in [6.45, 7) is 6.54. The molecule has 0 aromatic heterocycles. The number of amides is 2. The first-order valence-corrected chi connectivity index (χ1v) is 7.60. The van der Waals surface area contributed by atoms with Gasteiger partial charge < -0.3 is 15.1 Å². The maximum Gasteiger partial charge on any atom is 0.222 e. The molecule has 0 radical (unpaired) electrons. The normalized spacial score (nSPS) is 17.1. The molecule has 1 rings (SSSR count). The van der Waals surface area contributed by atoms with Gasteiger partial charge in [0.2, 0.25) is 11.8 Å². The van der Waals surface area contributed by atoms with E-state index in [0.29, 0.717) is 25.3 Å². The number of carbonyl (C=O) groups excluding carboxylic acids is 2. The second-order valence-electron chi connectivity index (χ2n) is 6.39. The van der Waals surface area contributed by atoms with Gasteiger partial charge in [-0.15, -0.1) is 0 Å². The molecule has 1 saturated heterocycles. The van der Waals surface area contributed by atoms with Crippen LogP contribution >= 0.6 is 0 Å². The van der Waals surface area contributed by atoms with E-state index >= 15 is 0 Å². The quantitative estimate of drug-likeness (QED) is 0.725. The Hall–Kier alpha value is -1.10. The highest BCUT2D eigenvalue weighted by Gasteiger charge is 2.21.